The summed E-state index contributed by atoms with van der Waals surface area (Å²) in [6, 6.07) is 0. The zero-order valence-electron chi connectivity index (χ0n) is 15.7. The number of rotatable bonds is 5. The summed E-state index contributed by atoms with van der Waals surface area (Å²) in [5, 5.41) is 0. The number of allylic oxidation sites excluding steroid dienone is 1. The third kappa shape index (κ3) is 5.28. The standard InChI is InChI=1S/C8H14O/c1-3-5-6-7-8(9)4-2/h4H,2-3,5-7H2,1H3/i1D3,3D2,5D2,6D2,7D2. The molecule has 0 fully saturated rings. The number of carbonyl (C=O) groups is 1. The molecule has 0 rings (SSSR count). The highest BCUT2D eigenvalue weighted by atomic mass is 16.1. The molecular formula is C8H14O. The van der Waals surface area contributed by atoms with Crippen LogP contribution in [0.25, 0.3) is 0 Å². The predicted octanol–water partition coefficient (Wildman–Crippen LogP) is 2.32. The highest BCUT2D eigenvalue weighted by molar-refractivity contribution is 5.88. The van der Waals surface area contributed by atoms with Crippen LogP contribution < -0.4 is 0 Å². The van der Waals surface area contributed by atoms with Crippen molar-refractivity contribution < 1.29 is 19.9 Å². The van der Waals surface area contributed by atoms with Crippen LogP contribution in [-0.2, 0) is 4.79 Å². The summed E-state index contributed by atoms with van der Waals surface area (Å²) in [5.41, 5.74) is 0. The molecule has 52 valence electrons. The largest absolute Gasteiger partial charge is 0.295 e. The molecule has 0 aliphatic heterocycles. The third-order valence-corrected chi connectivity index (χ3v) is 0.496. The molecule has 0 radical (unpaired) electrons. The van der Waals surface area contributed by atoms with Crippen LogP contribution in [0.5, 0.6) is 0 Å². The van der Waals surface area contributed by atoms with Crippen LogP contribution in [0.15, 0.2) is 12.7 Å². The third-order valence-electron chi connectivity index (χ3n) is 0.496. The average Bonchev–Trinajstić information content (AvgIpc) is 2.25. The Hall–Kier alpha value is -0.590. The molecule has 0 aromatic rings. The van der Waals surface area contributed by atoms with Gasteiger partial charge in [-0.3, -0.25) is 4.79 Å². The number of hydrogen-bond acceptors (Lipinski definition) is 1. The zero-order valence-corrected chi connectivity index (χ0v) is 4.69. The van der Waals surface area contributed by atoms with Crippen molar-refractivity contribution in [2.24, 2.45) is 0 Å². The molecule has 0 aromatic heterocycles. The summed E-state index contributed by atoms with van der Waals surface area (Å²) in [6.07, 6.45) is -14.3. The Kier molecular flexibility index (Phi) is 0.839. The molecule has 0 aliphatic carbocycles. The molecule has 0 spiro atoms. The van der Waals surface area contributed by atoms with E-state index in [0.29, 0.717) is 6.08 Å². The summed E-state index contributed by atoms with van der Waals surface area (Å²) in [4.78, 5) is 11.3. The minimum Gasteiger partial charge on any atom is -0.295 e. The van der Waals surface area contributed by atoms with Crippen molar-refractivity contribution in [3.8, 4) is 0 Å². The summed E-state index contributed by atoms with van der Waals surface area (Å²) in [5.74, 6) is -1.51. The zero-order chi connectivity index (χ0) is 16.8. The summed E-state index contributed by atoms with van der Waals surface area (Å²) < 4.78 is 80.0. The molecule has 1 nitrogen and oxygen atoms in total. The summed E-state index contributed by atoms with van der Waals surface area (Å²) >= 11 is 0. The lowest BCUT2D eigenvalue weighted by atomic mass is 10.1. The molecule has 0 N–H and O–H groups in total. The van der Waals surface area contributed by atoms with E-state index in [4.69, 9.17) is 15.1 Å². The van der Waals surface area contributed by atoms with E-state index in [1.54, 1.807) is 0 Å². The van der Waals surface area contributed by atoms with Crippen LogP contribution >= 0.6 is 0 Å². The number of ketones is 1. The van der Waals surface area contributed by atoms with E-state index in [1.165, 1.54) is 0 Å². The van der Waals surface area contributed by atoms with Gasteiger partial charge in [-0.2, -0.15) is 0 Å². The first-order valence-electron chi connectivity index (χ1n) is 7.65. The highest BCUT2D eigenvalue weighted by Gasteiger charge is 1.92. The van der Waals surface area contributed by atoms with Crippen molar-refractivity contribution in [3.05, 3.63) is 12.7 Å². The first-order valence-corrected chi connectivity index (χ1v) is 2.15. The van der Waals surface area contributed by atoms with Crippen LogP contribution in [0, 0.1) is 0 Å². The van der Waals surface area contributed by atoms with Gasteiger partial charge < -0.3 is 0 Å². The normalized spacial score (nSPS) is 34.9. The molecule has 0 heterocycles. The predicted molar refractivity (Wildman–Crippen MR) is 39.3 cm³/mol. The van der Waals surface area contributed by atoms with Crippen molar-refractivity contribution in [3.63, 3.8) is 0 Å². The van der Waals surface area contributed by atoms with Crippen molar-refractivity contribution in [2.45, 2.75) is 32.3 Å². The van der Waals surface area contributed by atoms with E-state index >= 15 is 0 Å². The fourth-order valence-electron chi connectivity index (χ4n) is 0.175. The van der Waals surface area contributed by atoms with Crippen molar-refractivity contribution >= 4 is 5.78 Å². The molecule has 0 unspecified atom stereocenters. The Morgan fingerprint density at radius 3 is 3.22 bits per heavy atom. The lowest BCUT2D eigenvalue weighted by Crippen LogP contribution is -1.90. The fraction of sp³-hybridized carbons (Fsp3) is 0.625. The molecule has 0 bridgehead atoms. The highest BCUT2D eigenvalue weighted by Crippen LogP contribution is 1.99. The molecule has 0 saturated carbocycles. The lowest BCUT2D eigenvalue weighted by Gasteiger charge is -1.91. The molecule has 0 saturated heterocycles. The van der Waals surface area contributed by atoms with E-state index in [0.717, 1.165) is 0 Å². The topological polar surface area (TPSA) is 17.1 Å². The molecule has 0 atom stereocenters. The average molecular weight is 137 g/mol. The SMILES string of the molecule is [2H]C([2H])([2H])C([2H])([2H])C([2H])([2H])C([2H])([2H])C([2H])([2H])C(=O)C=C. The maximum Gasteiger partial charge on any atom is 0.155 e. The van der Waals surface area contributed by atoms with Gasteiger partial charge in [0.15, 0.2) is 5.78 Å². The van der Waals surface area contributed by atoms with Gasteiger partial charge >= 0.3 is 0 Å². The molecule has 0 aliphatic rings. The van der Waals surface area contributed by atoms with E-state index in [1.807, 2.05) is 0 Å². The quantitative estimate of drug-likeness (QED) is 0.531. The van der Waals surface area contributed by atoms with Crippen LogP contribution in [-0.4, -0.2) is 5.78 Å². The number of carbonyl (C=O) groups excluding carboxylic acids is 1. The van der Waals surface area contributed by atoms with E-state index < -0.39 is 38.1 Å². The van der Waals surface area contributed by atoms with Crippen LogP contribution in [0.4, 0.5) is 0 Å². The van der Waals surface area contributed by atoms with E-state index in [2.05, 4.69) is 6.58 Å². The molecule has 1 heteroatoms. The monoisotopic (exact) mass is 137 g/mol. The second kappa shape index (κ2) is 5.54. The van der Waals surface area contributed by atoms with Gasteiger partial charge in [0, 0.05) is 21.5 Å². The maximum atomic E-state index is 11.3. The first-order chi connectivity index (χ1) is 8.48. The van der Waals surface area contributed by atoms with Gasteiger partial charge in [0.05, 0.1) is 0 Å². The smallest absolute Gasteiger partial charge is 0.155 e. The van der Waals surface area contributed by atoms with Crippen LogP contribution in [0.1, 0.15) is 47.4 Å². The van der Waals surface area contributed by atoms with Crippen LogP contribution in [0.3, 0.4) is 0 Å². The van der Waals surface area contributed by atoms with Gasteiger partial charge in [0.1, 0.15) is 0 Å². The van der Waals surface area contributed by atoms with Gasteiger partial charge in [-0.05, 0) is 12.4 Å². The minimum atomic E-state index is -3.80. The fourth-order valence-corrected chi connectivity index (χ4v) is 0.175. The van der Waals surface area contributed by atoms with Crippen molar-refractivity contribution in [2.75, 3.05) is 0 Å². The van der Waals surface area contributed by atoms with Gasteiger partial charge in [0.2, 0.25) is 0 Å². The van der Waals surface area contributed by atoms with Gasteiger partial charge in [-0.15, -0.1) is 0 Å². The van der Waals surface area contributed by atoms with Crippen molar-refractivity contribution in [1.29, 1.82) is 0 Å². The Balaban J connectivity index is 6.06. The Morgan fingerprint density at radius 1 is 1.89 bits per heavy atom. The minimum absolute atomic E-state index is 0.429. The first kappa shape index (κ1) is 1.36. The van der Waals surface area contributed by atoms with Crippen LogP contribution in [0.2, 0.25) is 0 Å². The molecular weight excluding hydrogens is 112 g/mol. The second-order valence-electron chi connectivity index (χ2n) is 1.07. The second-order valence-corrected chi connectivity index (χ2v) is 1.07. The summed E-state index contributed by atoms with van der Waals surface area (Å²) in [7, 11) is 0. The van der Waals surface area contributed by atoms with Gasteiger partial charge in [0.25, 0.3) is 0 Å². The van der Waals surface area contributed by atoms with Gasteiger partial charge in [-0.1, -0.05) is 26.2 Å². The lowest BCUT2D eigenvalue weighted by molar-refractivity contribution is -0.114. The Bertz CT molecular complexity index is 405. The van der Waals surface area contributed by atoms with Gasteiger partial charge in [-0.25, -0.2) is 0 Å². The maximum absolute atomic E-state index is 11.3. The Labute approximate surface area is 72.2 Å². The van der Waals surface area contributed by atoms with E-state index in [-0.39, 0.29) is 0 Å². The van der Waals surface area contributed by atoms with Crippen molar-refractivity contribution in [1.82, 2.24) is 0 Å². The van der Waals surface area contributed by atoms with E-state index in [9.17, 15) is 4.79 Å². The molecule has 0 aromatic carbocycles. The Morgan fingerprint density at radius 2 is 2.67 bits per heavy atom. The summed E-state index contributed by atoms with van der Waals surface area (Å²) in [6.45, 7) is -0.595. The molecule has 0 amide bonds. The molecule has 9 heavy (non-hydrogen) atoms. The number of hydrogen-bond donors (Lipinski definition) is 0.